The Labute approximate surface area is 283 Å². The molecule has 1 saturated carbocycles. The van der Waals surface area contributed by atoms with Crippen molar-refractivity contribution in [3.63, 3.8) is 0 Å². The average molecular weight is 632 g/mol. The molecule has 8 nitrogen and oxygen atoms in total. The van der Waals surface area contributed by atoms with E-state index in [0.717, 1.165) is 39.8 Å². The van der Waals surface area contributed by atoms with Crippen LogP contribution in [0.15, 0.2) is 30.3 Å². The Morgan fingerprint density at radius 1 is 1.07 bits per heavy atom. The number of carbonyl (C=O) groups excluding carboxylic acids is 2. The summed E-state index contributed by atoms with van der Waals surface area (Å²) in [6, 6.07) is 9.15. The van der Waals surface area contributed by atoms with Crippen LogP contribution in [0, 0.1) is 19.8 Å². The number of nitrogens with zero attached hydrogens (tertiary/aromatic N) is 2. The zero-order chi connectivity index (χ0) is 30.0. The normalized spacial score (nSPS) is 13.5. The van der Waals surface area contributed by atoms with Gasteiger partial charge in [0.1, 0.15) is 17.2 Å². The van der Waals surface area contributed by atoms with Crippen LogP contribution in [0.25, 0.3) is 22.2 Å². The first-order valence-corrected chi connectivity index (χ1v) is 15.4. The van der Waals surface area contributed by atoms with Crippen LogP contribution >= 0.6 is 22.9 Å². The number of rotatable bonds is 10. The van der Waals surface area contributed by atoms with Crippen molar-refractivity contribution in [3.8, 4) is 22.8 Å². The molecule has 1 amide bonds. The molecule has 1 N–H and O–H groups in total. The predicted octanol–water partition coefficient (Wildman–Crippen LogP) is 3.57. The Balaban J connectivity index is 0.00000423. The number of amides is 1. The zero-order valence-corrected chi connectivity index (χ0v) is 28.9. The number of anilines is 1. The fraction of sp³-hybridized carbons (Fsp3) is 0.406. The third-order valence-corrected chi connectivity index (χ3v) is 9.32. The molecule has 1 fully saturated rings. The maximum absolute atomic E-state index is 13.7. The summed E-state index contributed by atoms with van der Waals surface area (Å²) in [4.78, 5) is 31.2. The van der Waals surface area contributed by atoms with E-state index in [1.165, 1.54) is 48.0 Å². The number of carboxylic acid groups (broad SMARTS) is 1. The number of carboxylic acids is 1. The number of thiazole rings is 1. The first kappa shape index (κ1) is 33.3. The molecule has 2 aromatic heterocycles. The van der Waals surface area contributed by atoms with Crippen molar-refractivity contribution < 1.29 is 53.7 Å². The van der Waals surface area contributed by atoms with E-state index in [2.05, 4.69) is 5.32 Å². The third kappa shape index (κ3) is 7.40. The number of aryl methyl sites for hydroxylation is 3. The van der Waals surface area contributed by atoms with E-state index in [-0.39, 0.29) is 35.3 Å². The minimum atomic E-state index is -1.27. The van der Waals surface area contributed by atoms with Gasteiger partial charge in [-0.1, -0.05) is 55.3 Å². The van der Waals surface area contributed by atoms with Crippen LogP contribution < -0.4 is 49.5 Å². The topological polar surface area (TPSA) is 106 Å². The molecule has 2 aromatic carbocycles. The van der Waals surface area contributed by atoms with E-state index in [4.69, 9.17) is 26.1 Å². The van der Waals surface area contributed by atoms with Gasteiger partial charge in [0, 0.05) is 21.9 Å². The van der Waals surface area contributed by atoms with E-state index < -0.39 is 18.4 Å². The van der Waals surface area contributed by atoms with Gasteiger partial charge in [-0.2, -0.15) is 0 Å². The SMILES string of the molecule is COc1cc(-c2nc(NC(=O)c3cc4cc(C)cc(C)c4n3CC(=O)[O-])sc2CCC2CCCCC2)c(OC)cc1Cl.[Na+]. The Morgan fingerprint density at radius 2 is 1.79 bits per heavy atom. The molecule has 11 heteroatoms. The smallest absolute Gasteiger partial charge is 0.548 e. The van der Waals surface area contributed by atoms with Gasteiger partial charge < -0.3 is 23.9 Å². The van der Waals surface area contributed by atoms with Gasteiger partial charge in [0.05, 0.1) is 43.0 Å². The molecule has 1 aliphatic rings. The minimum Gasteiger partial charge on any atom is -0.548 e. The third-order valence-electron chi connectivity index (χ3n) is 8.00. The van der Waals surface area contributed by atoms with Crippen LogP contribution in [0.2, 0.25) is 5.02 Å². The number of ether oxygens (including phenoxy) is 2. The molecule has 5 rings (SSSR count). The summed E-state index contributed by atoms with van der Waals surface area (Å²) < 4.78 is 12.7. The van der Waals surface area contributed by atoms with Gasteiger partial charge in [-0.25, -0.2) is 4.98 Å². The summed E-state index contributed by atoms with van der Waals surface area (Å²) in [6.45, 7) is 3.43. The van der Waals surface area contributed by atoms with Gasteiger partial charge in [-0.05, 0) is 56.4 Å². The quantitative estimate of drug-likeness (QED) is 0.268. The van der Waals surface area contributed by atoms with Crippen molar-refractivity contribution in [1.82, 2.24) is 9.55 Å². The Bertz CT molecular complexity index is 1640. The fourth-order valence-corrected chi connectivity index (χ4v) is 7.32. The first-order chi connectivity index (χ1) is 20.2. The van der Waals surface area contributed by atoms with Crippen molar-refractivity contribution in [2.75, 3.05) is 19.5 Å². The molecular formula is C32H35ClN3NaO5S. The Morgan fingerprint density at radius 3 is 2.47 bits per heavy atom. The summed E-state index contributed by atoms with van der Waals surface area (Å²) in [7, 11) is 3.14. The monoisotopic (exact) mass is 631 g/mol. The number of aromatic nitrogens is 2. The van der Waals surface area contributed by atoms with E-state index in [1.807, 2.05) is 32.0 Å². The van der Waals surface area contributed by atoms with E-state index in [0.29, 0.717) is 38.8 Å². The number of aliphatic carboxylic acids is 1. The van der Waals surface area contributed by atoms with Gasteiger partial charge in [0.2, 0.25) is 0 Å². The molecule has 222 valence electrons. The van der Waals surface area contributed by atoms with Crippen LogP contribution in [0.4, 0.5) is 5.13 Å². The van der Waals surface area contributed by atoms with Crippen LogP contribution in [0.3, 0.4) is 0 Å². The number of nitrogens with one attached hydrogen (secondary N) is 1. The number of carbonyl (C=O) groups is 2. The standard InChI is InChI=1S/C32H36ClN3O5S.Na/c1-18-12-19(2)30-21(13-18)14-24(36(30)17-28(37)38)31(39)35-32-34-29(22-15-26(41-4)23(33)16-25(22)40-3)27(42-32)11-10-20-8-6-5-7-9-20;/h12-16,20H,5-11,17H2,1-4H3,(H,37,38)(H,34,35,39);/q;+1/p-1. The number of benzene rings is 2. The van der Waals surface area contributed by atoms with E-state index in [1.54, 1.807) is 26.4 Å². The van der Waals surface area contributed by atoms with Gasteiger partial charge in [-0.3, -0.25) is 10.1 Å². The van der Waals surface area contributed by atoms with Gasteiger partial charge in [0.15, 0.2) is 5.13 Å². The average Bonchev–Trinajstić information content (AvgIpc) is 3.52. The summed E-state index contributed by atoms with van der Waals surface area (Å²) >= 11 is 7.81. The second-order valence-electron chi connectivity index (χ2n) is 11.0. The molecule has 1 aliphatic carbocycles. The molecule has 43 heavy (non-hydrogen) atoms. The van der Waals surface area contributed by atoms with Gasteiger partial charge in [0.25, 0.3) is 5.91 Å². The number of halogens is 1. The van der Waals surface area contributed by atoms with Gasteiger partial charge >= 0.3 is 29.6 Å². The molecule has 0 bridgehead atoms. The van der Waals surface area contributed by atoms with Crippen molar-refractivity contribution in [2.45, 2.75) is 65.3 Å². The summed E-state index contributed by atoms with van der Waals surface area (Å²) in [5.41, 5.74) is 4.27. The van der Waals surface area contributed by atoms with Crippen molar-refractivity contribution in [1.29, 1.82) is 0 Å². The molecule has 0 unspecified atom stereocenters. The van der Waals surface area contributed by atoms with E-state index >= 15 is 0 Å². The Hall–Kier alpha value is -2.56. The second kappa shape index (κ2) is 14.5. The van der Waals surface area contributed by atoms with Crippen LogP contribution in [0.1, 0.15) is 65.0 Å². The molecule has 2 heterocycles. The molecule has 0 aliphatic heterocycles. The molecule has 4 aromatic rings. The van der Waals surface area contributed by atoms with Gasteiger partial charge in [-0.15, -0.1) is 11.3 Å². The van der Waals surface area contributed by atoms with Crippen LogP contribution in [-0.2, 0) is 17.8 Å². The van der Waals surface area contributed by atoms with Crippen molar-refractivity contribution >= 4 is 50.8 Å². The summed E-state index contributed by atoms with van der Waals surface area (Å²) in [6.07, 6.45) is 8.15. The number of fused-ring (bicyclic) bond motifs is 1. The summed E-state index contributed by atoms with van der Waals surface area (Å²) in [5.74, 6) is 0.0149. The molecule has 0 atom stereocenters. The second-order valence-corrected chi connectivity index (χ2v) is 12.5. The number of hydrogen-bond acceptors (Lipinski definition) is 7. The van der Waals surface area contributed by atoms with E-state index in [9.17, 15) is 14.7 Å². The van der Waals surface area contributed by atoms with Crippen LogP contribution in [0.5, 0.6) is 11.5 Å². The molecule has 0 saturated heterocycles. The minimum absolute atomic E-state index is 0. The number of hydrogen-bond donors (Lipinski definition) is 1. The van der Waals surface area contributed by atoms with Crippen molar-refractivity contribution in [3.05, 3.63) is 57.1 Å². The van der Waals surface area contributed by atoms with Crippen molar-refractivity contribution in [2.24, 2.45) is 5.92 Å². The Kier molecular flexibility index (Phi) is 11.2. The molecule has 0 radical (unpaired) electrons. The first-order valence-electron chi connectivity index (χ1n) is 14.2. The molecule has 0 spiro atoms. The largest absolute Gasteiger partial charge is 1.00 e. The predicted molar refractivity (Wildman–Crippen MR) is 165 cm³/mol. The number of methoxy groups -OCH3 is 2. The summed E-state index contributed by atoms with van der Waals surface area (Å²) in [5, 5.41) is 16.3. The van der Waals surface area contributed by atoms with Crippen LogP contribution in [-0.4, -0.2) is 35.6 Å². The maximum atomic E-state index is 13.7. The fourth-order valence-electron chi connectivity index (χ4n) is 6.10. The molecular weight excluding hydrogens is 597 g/mol. The maximum Gasteiger partial charge on any atom is 1.00 e. The zero-order valence-electron chi connectivity index (χ0n) is 25.3.